The second-order valence-electron chi connectivity index (χ2n) is 6.44. The zero-order chi connectivity index (χ0) is 22.4. The molecule has 5 nitrogen and oxygen atoms in total. The van der Waals surface area contributed by atoms with E-state index in [1.165, 1.54) is 7.11 Å². The third-order valence-corrected chi connectivity index (χ3v) is 4.91. The van der Waals surface area contributed by atoms with E-state index in [1.807, 2.05) is 6.07 Å². The number of halogens is 1. The average molecular weight is 479 g/mol. The van der Waals surface area contributed by atoms with E-state index in [4.69, 9.17) is 14.2 Å². The number of benzene rings is 3. The molecule has 0 saturated carbocycles. The molecule has 3 aromatic carbocycles. The SMILES string of the molecule is COc1ccc(C(=O)C(=O)c2cc(Br)cc(C#Cc3ccc(OC)c(OC)c3)c2)cc1. The minimum absolute atomic E-state index is 0.256. The molecule has 3 rings (SSSR count). The average Bonchev–Trinajstić information content (AvgIpc) is 2.81. The Morgan fingerprint density at radius 1 is 0.677 bits per heavy atom. The van der Waals surface area contributed by atoms with Gasteiger partial charge in [-0.3, -0.25) is 9.59 Å². The van der Waals surface area contributed by atoms with E-state index in [9.17, 15) is 9.59 Å². The van der Waals surface area contributed by atoms with Gasteiger partial charge in [-0.2, -0.15) is 0 Å². The van der Waals surface area contributed by atoms with E-state index in [1.54, 1.807) is 68.8 Å². The standard InChI is InChI=1S/C25H19BrO5/c1-29-21-9-7-18(8-10-21)24(27)25(28)19-12-17(13-20(26)15-19)5-4-16-6-11-22(30-2)23(14-16)31-3/h6-15H,1-3H3. The molecule has 0 saturated heterocycles. The molecule has 31 heavy (non-hydrogen) atoms. The van der Waals surface area contributed by atoms with Crippen molar-refractivity contribution in [3.63, 3.8) is 0 Å². The van der Waals surface area contributed by atoms with Crippen LogP contribution in [-0.2, 0) is 0 Å². The van der Waals surface area contributed by atoms with Crippen molar-refractivity contribution >= 4 is 27.5 Å². The van der Waals surface area contributed by atoms with Crippen LogP contribution in [0.4, 0.5) is 0 Å². The Labute approximate surface area is 189 Å². The molecule has 0 radical (unpaired) electrons. The maximum Gasteiger partial charge on any atom is 0.233 e. The van der Waals surface area contributed by atoms with Gasteiger partial charge < -0.3 is 14.2 Å². The Kier molecular flexibility index (Phi) is 7.11. The molecule has 0 N–H and O–H groups in total. The van der Waals surface area contributed by atoms with Crippen LogP contribution >= 0.6 is 15.9 Å². The van der Waals surface area contributed by atoms with Gasteiger partial charge >= 0.3 is 0 Å². The predicted octanol–water partition coefficient (Wildman–Crippen LogP) is 4.94. The van der Waals surface area contributed by atoms with Crippen molar-refractivity contribution in [2.75, 3.05) is 21.3 Å². The van der Waals surface area contributed by atoms with Crippen molar-refractivity contribution in [3.8, 4) is 29.1 Å². The highest BCUT2D eigenvalue weighted by Crippen LogP contribution is 2.27. The van der Waals surface area contributed by atoms with Crippen molar-refractivity contribution < 1.29 is 23.8 Å². The van der Waals surface area contributed by atoms with Gasteiger partial charge in [0, 0.05) is 26.7 Å². The topological polar surface area (TPSA) is 61.8 Å². The number of ketones is 2. The van der Waals surface area contributed by atoms with Gasteiger partial charge in [0.05, 0.1) is 21.3 Å². The number of hydrogen-bond acceptors (Lipinski definition) is 5. The van der Waals surface area contributed by atoms with Gasteiger partial charge in [0.15, 0.2) is 11.5 Å². The van der Waals surface area contributed by atoms with Crippen molar-refractivity contribution in [2.45, 2.75) is 0 Å². The first-order valence-corrected chi connectivity index (χ1v) is 10.0. The van der Waals surface area contributed by atoms with Crippen LogP contribution in [0.2, 0.25) is 0 Å². The number of rotatable bonds is 6. The fourth-order valence-electron chi connectivity index (χ4n) is 2.86. The van der Waals surface area contributed by atoms with Crippen LogP contribution in [0.3, 0.4) is 0 Å². The maximum absolute atomic E-state index is 12.8. The molecule has 0 bridgehead atoms. The van der Waals surface area contributed by atoms with Crippen molar-refractivity contribution in [2.24, 2.45) is 0 Å². The lowest BCUT2D eigenvalue weighted by Gasteiger charge is -2.06. The van der Waals surface area contributed by atoms with Gasteiger partial charge in [-0.1, -0.05) is 27.8 Å². The van der Waals surface area contributed by atoms with Crippen LogP contribution in [0.1, 0.15) is 31.8 Å². The molecule has 0 aliphatic carbocycles. The highest BCUT2D eigenvalue weighted by Gasteiger charge is 2.19. The lowest BCUT2D eigenvalue weighted by Crippen LogP contribution is -2.14. The summed E-state index contributed by atoms with van der Waals surface area (Å²) in [6, 6.07) is 16.7. The molecule has 156 valence electrons. The maximum atomic E-state index is 12.8. The van der Waals surface area contributed by atoms with Gasteiger partial charge in [0.2, 0.25) is 11.6 Å². The normalized spacial score (nSPS) is 9.94. The van der Waals surface area contributed by atoms with Crippen molar-refractivity contribution in [1.82, 2.24) is 0 Å². The van der Waals surface area contributed by atoms with Crippen LogP contribution in [0, 0.1) is 11.8 Å². The first-order chi connectivity index (χ1) is 14.9. The fourth-order valence-corrected chi connectivity index (χ4v) is 3.35. The molecule has 6 heteroatoms. The molecule has 0 spiro atoms. The van der Waals surface area contributed by atoms with Crippen LogP contribution in [-0.4, -0.2) is 32.9 Å². The Bertz CT molecular complexity index is 1190. The van der Waals surface area contributed by atoms with Gasteiger partial charge in [-0.15, -0.1) is 0 Å². The largest absolute Gasteiger partial charge is 0.497 e. The Morgan fingerprint density at radius 3 is 1.97 bits per heavy atom. The van der Waals surface area contributed by atoms with E-state index in [0.717, 1.165) is 5.56 Å². The van der Waals surface area contributed by atoms with Crippen molar-refractivity contribution in [3.05, 3.63) is 87.4 Å². The minimum Gasteiger partial charge on any atom is -0.497 e. The summed E-state index contributed by atoms with van der Waals surface area (Å²) in [6.07, 6.45) is 0. The summed E-state index contributed by atoms with van der Waals surface area (Å²) in [4.78, 5) is 25.4. The second-order valence-corrected chi connectivity index (χ2v) is 7.35. The monoisotopic (exact) mass is 478 g/mol. The number of ether oxygens (including phenoxy) is 3. The van der Waals surface area contributed by atoms with Gasteiger partial charge in [-0.05, 0) is 60.7 Å². The minimum atomic E-state index is -0.611. The molecule has 0 atom stereocenters. The number of hydrogen-bond donors (Lipinski definition) is 0. The summed E-state index contributed by atoms with van der Waals surface area (Å²) < 4.78 is 16.3. The smallest absolute Gasteiger partial charge is 0.233 e. The van der Waals surface area contributed by atoms with Gasteiger partial charge in [0.25, 0.3) is 0 Å². The zero-order valence-corrected chi connectivity index (χ0v) is 18.8. The lowest BCUT2D eigenvalue weighted by atomic mass is 10.00. The van der Waals surface area contributed by atoms with Gasteiger partial charge in [-0.25, -0.2) is 0 Å². The first kappa shape index (κ1) is 22.1. The molecule has 3 aromatic rings. The molecular weight excluding hydrogens is 460 g/mol. The third kappa shape index (κ3) is 5.33. The number of carbonyl (C=O) groups excluding carboxylic acids is 2. The highest BCUT2D eigenvalue weighted by atomic mass is 79.9. The molecular formula is C25H19BrO5. The molecule has 0 aliphatic rings. The zero-order valence-electron chi connectivity index (χ0n) is 17.2. The van der Waals surface area contributed by atoms with Crippen LogP contribution in [0.5, 0.6) is 17.2 Å². The summed E-state index contributed by atoms with van der Waals surface area (Å²) >= 11 is 3.39. The fraction of sp³-hybridized carbons (Fsp3) is 0.120. The van der Waals surface area contributed by atoms with Gasteiger partial charge in [0.1, 0.15) is 5.75 Å². The highest BCUT2D eigenvalue weighted by molar-refractivity contribution is 9.10. The lowest BCUT2D eigenvalue weighted by molar-refractivity contribution is 0.0817. The molecule has 0 fully saturated rings. The Hall–Kier alpha value is -3.56. The summed E-state index contributed by atoms with van der Waals surface area (Å²) in [5.41, 5.74) is 1.87. The summed E-state index contributed by atoms with van der Waals surface area (Å²) in [7, 11) is 4.66. The first-order valence-electron chi connectivity index (χ1n) is 9.23. The van der Waals surface area contributed by atoms with E-state index < -0.39 is 11.6 Å². The summed E-state index contributed by atoms with van der Waals surface area (Å²) in [5.74, 6) is 6.65. The number of carbonyl (C=O) groups is 2. The van der Waals surface area contributed by atoms with E-state index in [2.05, 4.69) is 27.8 Å². The summed E-state index contributed by atoms with van der Waals surface area (Å²) in [5, 5.41) is 0. The van der Waals surface area contributed by atoms with E-state index >= 15 is 0 Å². The molecule has 0 aromatic heterocycles. The molecule has 0 heterocycles. The van der Waals surface area contributed by atoms with E-state index in [-0.39, 0.29) is 5.56 Å². The molecule has 0 unspecified atom stereocenters. The molecule has 0 amide bonds. The predicted molar refractivity (Wildman–Crippen MR) is 121 cm³/mol. The van der Waals surface area contributed by atoms with Crippen LogP contribution in [0.15, 0.2) is 65.1 Å². The third-order valence-electron chi connectivity index (χ3n) is 4.45. The van der Waals surface area contributed by atoms with Crippen LogP contribution in [0.25, 0.3) is 0 Å². The number of Topliss-reactive ketones (excluding diaryl/α,β-unsaturated/α-hetero) is 2. The summed E-state index contributed by atoms with van der Waals surface area (Å²) in [6.45, 7) is 0. The number of methoxy groups -OCH3 is 3. The molecule has 0 aliphatic heterocycles. The van der Waals surface area contributed by atoms with Crippen LogP contribution < -0.4 is 14.2 Å². The Balaban J connectivity index is 1.87. The van der Waals surface area contributed by atoms with E-state index in [0.29, 0.717) is 32.8 Å². The quantitative estimate of drug-likeness (QED) is 0.285. The second kappa shape index (κ2) is 9.96. The Morgan fingerprint density at radius 2 is 1.32 bits per heavy atom. The van der Waals surface area contributed by atoms with Crippen molar-refractivity contribution in [1.29, 1.82) is 0 Å².